The van der Waals surface area contributed by atoms with Crippen LogP contribution in [0.4, 0.5) is 0 Å². The molecule has 0 amide bonds. The highest BCUT2D eigenvalue weighted by Crippen LogP contribution is 2.24. The molecule has 4 aromatic carbocycles. The SMILES string of the molecule is CC(C)(C)c1ccc(C=Cc2ccc(C(C)(C)C)cc2)cc1.O=C(O)c1ccccc1.O=C(O)c1ccccc1. The van der Waals surface area contributed by atoms with E-state index in [4.69, 9.17) is 10.2 Å². The fourth-order valence-electron chi connectivity index (χ4n) is 3.54. The summed E-state index contributed by atoms with van der Waals surface area (Å²) in [5.74, 6) is -1.76. The molecule has 0 aromatic heterocycles. The molecule has 4 nitrogen and oxygen atoms in total. The Kier molecular flexibility index (Phi) is 11.6. The van der Waals surface area contributed by atoms with Gasteiger partial charge in [-0.3, -0.25) is 0 Å². The van der Waals surface area contributed by atoms with Crippen LogP contribution in [0, 0.1) is 0 Å². The first-order valence-electron chi connectivity index (χ1n) is 13.2. The van der Waals surface area contributed by atoms with Gasteiger partial charge in [0, 0.05) is 0 Å². The van der Waals surface area contributed by atoms with Crippen LogP contribution in [0.5, 0.6) is 0 Å². The number of hydrogen-bond donors (Lipinski definition) is 2. The van der Waals surface area contributed by atoms with Gasteiger partial charge < -0.3 is 10.2 Å². The maximum atomic E-state index is 10.2. The monoisotopic (exact) mass is 536 g/mol. The van der Waals surface area contributed by atoms with Crippen LogP contribution >= 0.6 is 0 Å². The molecular formula is C36H40O4. The summed E-state index contributed by atoms with van der Waals surface area (Å²) < 4.78 is 0. The second kappa shape index (κ2) is 14.6. The molecule has 0 saturated carbocycles. The predicted octanol–water partition coefficient (Wildman–Crippen LogP) is 9.22. The van der Waals surface area contributed by atoms with Crippen molar-refractivity contribution in [2.75, 3.05) is 0 Å². The fourth-order valence-corrected chi connectivity index (χ4v) is 3.54. The topological polar surface area (TPSA) is 74.6 Å². The zero-order chi connectivity index (χ0) is 29.8. The zero-order valence-electron chi connectivity index (χ0n) is 24.3. The third-order valence-electron chi connectivity index (χ3n) is 6.06. The first-order chi connectivity index (χ1) is 18.8. The molecule has 0 aliphatic carbocycles. The van der Waals surface area contributed by atoms with Crippen molar-refractivity contribution in [2.24, 2.45) is 0 Å². The number of carbonyl (C=O) groups is 2. The summed E-state index contributed by atoms with van der Waals surface area (Å²) in [5.41, 5.74) is 6.32. The van der Waals surface area contributed by atoms with E-state index in [-0.39, 0.29) is 10.8 Å². The van der Waals surface area contributed by atoms with E-state index in [1.54, 1.807) is 60.7 Å². The maximum absolute atomic E-state index is 10.2. The molecule has 0 bridgehead atoms. The number of carboxylic acids is 2. The molecule has 0 heterocycles. The van der Waals surface area contributed by atoms with Crippen molar-refractivity contribution in [2.45, 2.75) is 52.4 Å². The Bertz CT molecular complexity index is 1250. The Balaban J connectivity index is 0.000000254. The normalized spacial score (nSPS) is 11.1. The second-order valence-corrected chi connectivity index (χ2v) is 11.4. The lowest BCUT2D eigenvalue weighted by Crippen LogP contribution is -2.10. The summed E-state index contributed by atoms with van der Waals surface area (Å²) in [6.07, 6.45) is 4.36. The average molecular weight is 537 g/mol. The van der Waals surface area contributed by atoms with E-state index in [2.05, 4.69) is 102 Å². The molecule has 40 heavy (non-hydrogen) atoms. The van der Waals surface area contributed by atoms with Gasteiger partial charge in [-0.15, -0.1) is 0 Å². The van der Waals surface area contributed by atoms with E-state index in [1.807, 2.05) is 0 Å². The molecule has 208 valence electrons. The Labute approximate surface area is 238 Å². The molecule has 0 unspecified atom stereocenters. The second-order valence-electron chi connectivity index (χ2n) is 11.4. The maximum Gasteiger partial charge on any atom is 0.335 e. The van der Waals surface area contributed by atoms with Gasteiger partial charge in [-0.2, -0.15) is 0 Å². The van der Waals surface area contributed by atoms with Crippen LogP contribution in [0.25, 0.3) is 12.2 Å². The highest BCUT2D eigenvalue weighted by molar-refractivity contribution is 5.87. The van der Waals surface area contributed by atoms with Crippen molar-refractivity contribution in [3.8, 4) is 0 Å². The van der Waals surface area contributed by atoms with Gasteiger partial charge in [0.25, 0.3) is 0 Å². The van der Waals surface area contributed by atoms with Crippen molar-refractivity contribution in [1.82, 2.24) is 0 Å². The van der Waals surface area contributed by atoms with E-state index < -0.39 is 11.9 Å². The highest BCUT2D eigenvalue weighted by Gasteiger charge is 2.13. The lowest BCUT2D eigenvalue weighted by atomic mass is 9.86. The molecule has 4 heteroatoms. The Morgan fingerprint density at radius 2 is 0.750 bits per heavy atom. The molecule has 0 fully saturated rings. The summed E-state index contributed by atoms with van der Waals surface area (Å²) in [6.45, 7) is 13.5. The largest absolute Gasteiger partial charge is 0.478 e. The Hall–Kier alpha value is -4.44. The van der Waals surface area contributed by atoms with Gasteiger partial charge in [-0.05, 0) is 57.3 Å². The van der Waals surface area contributed by atoms with Crippen molar-refractivity contribution < 1.29 is 19.8 Å². The molecule has 0 aliphatic rings. The van der Waals surface area contributed by atoms with Crippen LogP contribution in [-0.2, 0) is 10.8 Å². The minimum Gasteiger partial charge on any atom is -0.478 e. The Morgan fingerprint density at radius 1 is 0.475 bits per heavy atom. The molecule has 2 N–H and O–H groups in total. The molecule has 0 aliphatic heterocycles. The van der Waals surface area contributed by atoms with Crippen LogP contribution in [0.2, 0.25) is 0 Å². The third-order valence-corrected chi connectivity index (χ3v) is 6.06. The summed E-state index contributed by atoms with van der Waals surface area (Å²) in [7, 11) is 0. The lowest BCUT2D eigenvalue weighted by Gasteiger charge is -2.19. The number of rotatable bonds is 4. The molecule has 0 radical (unpaired) electrons. The van der Waals surface area contributed by atoms with Gasteiger partial charge in [0.1, 0.15) is 0 Å². The number of aromatic carboxylic acids is 2. The minimum atomic E-state index is -0.879. The summed E-state index contributed by atoms with van der Waals surface area (Å²) >= 11 is 0. The molecule has 0 atom stereocenters. The van der Waals surface area contributed by atoms with Gasteiger partial charge in [-0.1, -0.05) is 139 Å². The molecular weight excluding hydrogens is 496 g/mol. The molecule has 4 aromatic rings. The van der Waals surface area contributed by atoms with Crippen molar-refractivity contribution in [3.05, 3.63) is 143 Å². The Morgan fingerprint density at radius 3 is 0.950 bits per heavy atom. The van der Waals surface area contributed by atoms with Gasteiger partial charge in [-0.25, -0.2) is 9.59 Å². The first kappa shape index (κ1) is 31.8. The average Bonchev–Trinajstić information content (AvgIpc) is 2.93. The summed E-state index contributed by atoms with van der Waals surface area (Å²) in [4.78, 5) is 20.4. The highest BCUT2D eigenvalue weighted by atomic mass is 16.4. The minimum absolute atomic E-state index is 0.213. The fraction of sp³-hybridized carbons (Fsp3) is 0.222. The molecule has 0 spiro atoms. The molecule has 4 rings (SSSR count). The first-order valence-corrected chi connectivity index (χ1v) is 13.2. The van der Waals surface area contributed by atoms with Crippen LogP contribution < -0.4 is 0 Å². The summed E-state index contributed by atoms with van der Waals surface area (Å²) in [6, 6.07) is 34.3. The van der Waals surface area contributed by atoms with Crippen LogP contribution in [0.15, 0.2) is 109 Å². The van der Waals surface area contributed by atoms with Gasteiger partial charge in [0.2, 0.25) is 0 Å². The van der Waals surface area contributed by atoms with E-state index in [0.717, 1.165) is 0 Å². The van der Waals surface area contributed by atoms with Crippen molar-refractivity contribution in [3.63, 3.8) is 0 Å². The molecule has 0 saturated heterocycles. The quantitative estimate of drug-likeness (QED) is 0.255. The van der Waals surface area contributed by atoms with Gasteiger partial charge >= 0.3 is 11.9 Å². The number of carboxylic acid groups (broad SMARTS) is 2. The predicted molar refractivity (Wildman–Crippen MR) is 166 cm³/mol. The van der Waals surface area contributed by atoms with Crippen LogP contribution in [0.3, 0.4) is 0 Å². The van der Waals surface area contributed by atoms with Gasteiger partial charge in [0.15, 0.2) is 0 Å². The van der Waals surface area contributed by atoms with E-state index >= 15 is 0 Å². The van der Waals surface area contributed by atoms with E-state index in [9.17, 15) is 9.59 Å². The standard InChI is InChI=1S/C22H28.2C7H6O2/c1-21(2,3)19-13-9-17(10-14-19)7-8-18-11-15-20(16-12-18)22(4,5)6;2*8-7(9)6-4-2-1-3-5-6/h7-16H,1-6H3;2*1-5H,(H,8,9). The van der Waals surface area contributed by atoms with E-state index in [0.29, 0.717) is 11.1 Å². The third kappa shape index (κ3) is 11.1. The zero-order valence-corrected chi connectivity index (χ0v) is 24.3. The number of benzene rings is 4. The van der Waals surface area contributed by atoms with Crippen molar-refractivity contribution >= 4 is 24.1 Å². The lowest BCUT2D eigenvalue weighted by molar-refractivity contribution is 0.0686. The number of hydrogen-bond acceptors (Lipinski definition) is 2. The van der Waals surface area contributed by atoms with Crippen LogP contribution in [-0.4, -0.2) is 22.2 Å². The van der Waals surface area contributed by atoms with Gasteiger partial charge in [0.05, 0.1) is 11.1 Å². The van der Waals surface area contributed by atoms with Crippen molar-refractivity contribution in [1.29, 1.82) is 0 Å². The summed E-state index contributed by atoms with van der Waals surface area (Å²) in [5, 5.41) is 16.8. The van der Waals surface area contributed by atoms with E-state index in [1.165, 1.54) is 22.3 Å². The smallest absolute Gasteiger partial charge is 0.335 e. The van der Waals surface area contributed by atoms with Crippen LogP contribution in [0.1, 0.15) is 84.5 Å².